The van der Waals surface area contributed by atoms with Crippen LogP contribution < -0.4 is 4.90 Å². The summed E-state index contributed by atoms with van der Waals surface area (Å²) in [7, 11) is 0. The van der Waals surface area contributed by atoms with E-state index in [1.165, 1.54) is 0 Å². The molecule has 0 saturated carbocycles. The topological polar surface area (TPSA) is 43.9 Å². The van der Waals surface area contributed by atoms with Crippen molar-refractivity contribution in [1.82, 2.24) is 9.80 Å². The largest absolute Gasteiger partial charge is 0.336 e. The average molecular weight is 317 g/mol. The molecule has 1 aromatic rings. The van der Waals surface area contributed by atoms with Crippen molar-refractivity contribution in [2.45, 2.75) is 46.7 Å². The molecule has 3 amide bonds. The van der Waals surface area contributed by atoms with Crippen molar-refractivity contribution in [3.05, 3.63) is 29.8 Å². The maximum absolute atomic E-state index is 12.6. The summed E-state index contributed by atoms with van der Waals surface area (Å²) in [5.74, 6) is 0.00843. The Morgan fingerprint density at radius 3 is 2.17 bits per heavy atom. The van der Waals surface area contributed by atoms with Gasteiger partial charge in [-0.05, 0) is 46.8 Å². The molecule has 0 N–H and O–H groups in total. The third-order valence-electron chi connectivity index (χ3n) is 4.17. The third kappa shape index (κ3) is 3.84. The summed E-state index contributed by atoms with van der Waals surface area (Å²) in [6.45, 7) is 11.4. The lowest BCUT2D eigenvalue weighted by atomic mass is 10.2. The Hall–Kier alpha value is -2.04. The molecule has 5 nitrogen and oxygen atoms in total. The minimum Gasteiger partial charge on any atom is -0.336 e. The van der Waals surface area contributed by atoms with Crippen molar-refractivity contribution in [3.63, 3.8) is 0 Å². The second-order valence-corrected chi connectivity index (χ2v) is 6.68. The predicted octanol–water partition coefficient (Wildman–Crippen LogP) is 2.88. The molecule has 23 heavy (non-hydrogen) atoms. The van der Waals surface area contributed by atoms with Crippen LogP contribution in [0, 0.1) is 6.92 Å². The van der Waals surface area contributed by atoms with Gasteiger partial charge in [0.05, 0.1) is 0 Å². The van der Waals surface area contributed by atoms with E-state index in [1.54, 1.807) is 9.80 Å². The molecule has 1 saturated heterocycles. The Kier molecular flexibility index (Phi) is 5.29. The zero-order chi connectivity index (χ0) is 17.1. The second-order valence-electron chi connectivity index (χ2n) is 6.68. The van der Waals surface area contributed by atoms with Crippen molar-refractivity contribution in [3.8, 4) is 0 Å². The van der Waals surface area contributed by atoms with Crippen LogP contribution in [0.25, 0.3) is 0 Å². The number of carbonyl (C=O) groups excluding carboxylic acids is 2. The van der Waals surface area contributed by atoms with Gasteiger partial charge in [-0.1, -0.05) is 17.7 Å². The molecule has 5 heteroatoms. The van der Waals surface area contributed by atoms with Crippen LogP contribution in [0.5, 0.6) is 0 Å². The zero-order valence-corrected chi connectivity index (χ0v) is 14.7. The lowest BCUT2D eigenvalue weighted by molar-refractivity contribution is -0.135. The molecule has 1 fully saturated rings. The first-order valence-electron chi connectivity index (χ1n) is 8.25. The van der Waals surface area contributed by atoms with Crippen LogP contribution in [0.1, 0.15) is 33.3 Å². The normalized spacial score (nSPS) is 15.0. The Balaban J connectivity index is 2.04. The van der Waals surface area contributed by atoms with Crippen molar-refractivity contribution in [2.24, 2.45) is 0 Å². The Bertz CT molecular complexity index is 558. The lowest BCUT2D eigenvalue weighted by Crippen LogP contribution is -2.48. The van der Waals surface area contributed by atoms with Gasteiger partial charge in [0.15, 0.2) is 0 Å². The Labute approximate surface area is 138 Å². The SMILES string of the molecule is Cc1ccc(N2CCN(CC(=O)N(C(C)C)C(C)C)C2=O)cc1. The number of aryl methyl sites for hydroxylation is 1. The van der Waals surface area contributed by atoms with E-state index < -0.39 is 0 Å². The molecule has 0 unspecified atom stereocenters. The minimum absolute atomic E-state index is 0.00843. The highest BCUT2D eigenvalue weighted by Gasteiger charge is 2.32. The van der Waals surface area contributed by atoms with Gasteiger partial charge in [-0.15, -0.1) is 0 Å². The Morgan fingerprint density at radius 2 is 1.65 bits per heavy atom. The molecule has 0 atom stereocenters. The summed E-state index contributed by atoms with van der Waals surface area (Å²) in [6, 6.07) is 8.07. The summed E-state index contributed by atoms with van der Waals surface area (Å²) in [4.78, 5) is 30.3. The molecule has 1 aromatic carbocycles. The Morgan fingerprint density at radius 1 is 1.09 bits per heavy atom. The first kappa shape index (κ1) is 17.3. The van der Waals surface area contributed by atoms with Gasteiger partial charge in [-0.25, -0.2) is 4.79 Å². The van der Waals surface area contributed by atoms with Gasteiger partial charge in [0.25, 0.3) is 0 Å². The van der Waals surface area contributed by atoms with Crippen LogP contribution in [0.4, 0.5) is 10.5 Å². The maximum Gasteiger partial charge on any atom is 0.325 e. The van der Waals surface area contributed by atoms with E-state index in [0.717, 1.165) is 11.3 Å². The molecule has 0 aromatic heterocycles. The first-order chi connectivity index (χ1) is 10.8. The molecule has 1 aliphatic heterocycles. The number of amides is 3. The number of rotatable bonds is 5. The van der Waals surface area contributed by atoms with Gasteiger partial charge in [-0.3, -0.25) is 9.69 Å². The molecular weight excluding hydrogens is 290 g/mol. The van der Waals surface area contributed by atoms with Gasteiger partial charge in [0.2, 0.25) is 5.91 Å². The molecule has 1 heterocycles. The molecule has 2 rings (SSSR count). The molecular formula is C18H27N3O2. The maximum atomic E-state index is 12.6. The van der Waals surface area contributed by atoms with Crippen molar-refractivity contribution in [1.29, 1.82) is 0 Å². The molecule has 0 spiro atoms. The van der Waals surface area contributed by atoms with Gasteiger partial charge >= 0.3 is 6.03 Å². The quantitative estimate of drug-likeness (QED) is 0.838. The highest BCUT2D eigenvalue weighted by atomic mass is 16.2. The molecule has 1 aliphatic rings. The summed E-state index contributed by atoms with van der Waals surface area (Å²) >= 11 is 0. The fourth-order valence-corrected chi connectivity index (χ4v) is 3.11. The number of urea groups is 1. The molecule has 126 valence electrons. The lowest BCUT2D eigenvalue weighted by Gasteiger charge is -2.32. The first-order valence-corrected chi connectivity index (χ1v) is 8.25. The second kappa shape index (κ2) is 7.02. The van der Waals surface area contributed by atoms with Crippen LogP contribution in [-0.2, 0) is 4.79 Å². The zero-order valence-electron chi connectivity index (χ0n) is 14.7. The molecule has 0 aliphatic carbocycles. The van der Waals surface area contributed by atoms with E-state index in [0.29, 0.717) is 13.1 Å². The monoisotopic (exact) mass is 317 g/mol. The third-order valence-corrected chi connectivity index (χ3v) is 4.17. The van der Waals surface area contributed by atoms with Gasteiger partial charge in [-0.2, -0.15) is 0 Å². The smallest absolute Gasteiger partial charge is 0.325 e. The van der Waals surface area contributed by atoms with Crippen molar-refractivity contribution < 1.29 is 9.59 Å². The number of anilines is 1. The minimum atomic E-state index is -0.0883. The highest BCUT2D eigenvalue weighted by Crippen LogP contribution is 2.21. The van der Waals surface area contributed by atoms with Crippen LogP contribution >= 0.6 is 0 Å². The highest BCUT2D eigenvalue weighted by molar-refractivity contribution is 5.96. The average Bonchev–Trinajstić information content (AvgIpc) is 2.80. The van der Waals surface area contributed by atoms with Gasteiger partial charge < -0.3 is 9.80 Å². The van der Waals surface area contributed by atoms with Crippen LogP contribution in [0.3, 0.4) is 0 Å². The standard InChI is InChI=1S/C18H27N3O2/c1-13(2)21(14(3)4)17(22)12-19-10-11-20(18(19)23)16-8-6-15(5)7-9-16/h6-9,13-14H,10-12H2,1-5H3. The number of hydrogen-bond acceptors (Lipinski definition) is 2. The van der Waals surface area contributed by atoms with Crippen molar-refractivity contribution in [2.75, 3.05) is 24.5 Å². The van der Waals surface area contributed by atoms with E-state index in [4.69, 9.17) is 0 Å². The van der Waals surface area contributed by atoms with Crippen LogP contribution in [0.2, 0.25) is 0 Å². The van der Waals surface area contributed by atoms with Crippen LogP contribution in [-0.4, -0.2) is 53.5 Å². The number of benzene rings is 1. The number of hydrogen-bond donors (Lipinski definition) is 0. The fraction of sp³-hybridized carbons (Fsp3) is 0.556. The van der Waals surface area contributed by atoms with Gasteiger partial charge in [0.1, 0.15) is 6.54 Å². The summed E-state index contributed by atoms with van der Waals surface area (Å²) < 4.78 is 0. The van der Waals surface area contributed by atoms with E-state index >= 15 is 0 Å². The van der Waals surface area contributed by atoms with Crippen molar-refractivity contribution >= 4 is 17.6 Å². The van der Waals surface area contributed by atoms with Crippen LogP contribution in [0.15, 0.2) is 24.3 Å². The van der Waals surface area contributed by atoms with E-state index in [9.17, 15) is 9.59 Å². The van der Waals surface area contributed by atoms with E-state index in [1.807, 2.05) is 63.8 Å². The summed E-state index contributed by atoms with van der Waals surface area (Å²) in [5, 5.41) is 0. The van der Waals surface area contributed by atoms with Gasteiger partial charge in [0, 0.05) is 30.9 Å². The summed E-state index contributed by atoms with van der Waals surface area (Å²) in [5.41, 5.74) is 2.05. The molecule has 0 bridgehead atoms. The summed E-state index contributed by atoms with van der Waals surface area (Å²) in [6.07, 6.45) is 0. The van der Waals surface area contributed by atoms with E-state index in [-0.39, 0.29) is 30.6 Å². The fourth-order valence-electron chi connectivity index (χ4n) is 3.11. The number of carbonyl (C=O) groups is 2. The van der Waals surface area contributed by atoms with E-state index in [2.05, 4.69) is 0 Å². The number of nitrogens with zero attached hydrogens (tertiary/aromatic N) is 3. The molecule has 0 radical (unpaired) electrons. The predicted molar refractivity (Wildman–Crippen MR) is 92.6 cm³/mol.